The molecule has 114 valence electrons. The van der Waals surface area contributed by atoms with Gasteiger partial charge in [0.15, 0.2) is 0 Å². The lowest BCUT2D eigenvalue weighted by Crippen LogP contribution is -2.55. The van der Waals surface area contributed by atoms with E-state index in [2.05, 4.69) is 18.7 Å². The van der Waals surface area contributed by atoms with Gasteiger partial charge in [0.2, 0.25) is 5.91 Å². The lowest BCUT2D eigenvalue weighted by atomic mass is 9.65. The van der Waals surface area contributed by atoms with Crippen molar-refractivity contribution in [3.63, 3.8) is 0 Å². The second kappa shape index (κ2) is 5.64. The molecule has 3 aliphatic rings. The maximum atomic E-state index is 12.9. The molecule has 2 bridgehead atoms. The van der Waals surface area contributed by atoms with Crippen LogP contribution in [0.25, 0.3) is 0 Å². The van der Waals surface area contributed by atoms with E-state index in [9.17, 15) is 4.79 Å². The molecule has 0 radical (unpaired) electrons. The van der Waals surface area contributed by atoms with E-state index in [4.69, 9.17) is 10.5 Å². The number of ether oxygens (including phenoxy) is 1. The zero-order valence-electron chi connectivity index (χ0n) is 12.8. The smallest absolute Gasteiger partial charge is 0.226 e. The number of carbonyl (C=O) groups excluding carboxylic acids is 1. The van der Waals surface area contributed by atoms with E-state index in [0.29, 0.717) is 30.4 Å². The van der Waals surface area contributed by atoms with E-state index < -0.39 is 0 Å². The lowest BCUT2D eigenvalue weighted by molar-refractivity contribution is -0.150. The molecule has 1 aliphatic heterocycles. The summed E-state index contributed by atoms with van der Waals surface area (Å²) in [6.45, 7) is 5.57. The molecule has 0 aromatic heterocycles. The van der Waals surface area contributed by atoms with Gasteiger partial charge in [-0.05, 0) is 51.4 Å². The van der Waals surface area contributed by atoms with Gasteiger partial charge in [0, 0.05) is 18.5 Å². The lowest BCUT2D eigenvalue weighted by Gasteiger charge is -2.46. The van der Waals surface area contributed by atoms with Gasteiger partial charge in [-0.25, -0.2) is 0 Å². The molecular weight excluding hydrogens is 252 g/mol. The summed E-state index contributed by atoms with van der Waals surface area (Å²) in [4.78, 5) is 14.9. The molecule has 3 fully saturated rings. The highest BCUT2D eigenvalue weighted by Crippen LogP contribution is 2.42. The number of carbonyl (C=O) groups is 1. The molecule has 1 amide bonds. The Morgan fingerprint density at radius 1 is 1.20 bits per heavy atom. The maximum Gasteiger partial charge on any atom is 0.226 e. The van der Waals surface area contributed by atoms with Crippen molar-refractivity contribution in [2.24, 2.45) is 23.5 Å². The Bertz CT molecular complexity index is 359. The molecule has 4 heteroatoms. The van der Waals surface area contributed by atoms with Crippen molar-refractivity contribution < 1.29 is 9.53 Å². The fourth-order valence-electron chi connectivity index (χ4n) is 4.44. The summed E-state index contributed by atoms with van der Waals surface area (Å²) in [6, 6.07) is 0.558. The molecular formula is C16H28N2O2. The van der Waals surface area contributed by atoms with Crippen LogP contribution in [-0.4, -0.2) is 42.1 Å². The summed E-state index contributed by atoms with van der Waals surface area (Å²) in [5, 5.41) is 0. The van der Waals surface area contributed by atoms with Crippen LogP contribution in [0.1, 0.15) is 46.0 Å². The maximum absolute atomic E-state index is 12.9. The third-order valence-electron chi connectivity index (χ3n) is 5.65. The van der Waals surface area contributed by atoms with Crippen LogP contribution in [0.5, 0.6) is 0 Å². The van der Waals surface area contributed by atoms with Crippen molar-refractivity contribution in [1.82, 2.24) is 4.90 Å². The molecule has 20 heavy (non-hydrogen) atoms. The number of hydrogen-bond donors (Lipinski definition) is 1. The summed E-state index contributed by atoms with van der Waals surface area (Å²) in [5.41, 5.74) is 6.33. The fourth-order valence-corrected chi connectivity index (χ4v) is 4.44. The van der Waals surface area contributed by atoms with Crippen LogP contribution >= 0.6 is 0 Å². The average molecular weight is 280 g/mol. The van der Waals surface area contributed by atoms with Gasteiger partial charge in [-0.1, -0.05) is 6.42 Å². The molecule has 4 atom stereocenters. The van der Waals surface area contributed by atoms with E-state index >= 15 is 0 Å². The molecule has 4 unspecified atom stereocenters. The third kappa shape index (κ3) is 2.60. The topological polar surface area (TPSA) is 55.6 Å². The highest BCUT2D eigenvalue weighted by atomic mass is 16.5. The second-order valence-electron chi connectivity index (χ2n) is 7.18. The van der Waals surface area contributed by atoms with Crippen LogP contribution in [0.4, 0.5) is 0 Å². The number of hydrogen-bond acceptors (Lipinski definition) is 3. The van der Waals surface area contributed by atoms with Crippen molar-refractivity contribution in [2.75, 3.05) is 13.2 Å². The number of amides is 1. The minimum atomic E-state index is 0.167. The molecule has 2 aliphatic carbocycles. The number of morpholine rings is 1. The van der Waals surface area contributed by atoms with E-state index in [1.165, 1.54) is 19.3 Å². The van der Waals surface area contributed by atoms with Gasteiger partial charge < -0.3 is 15.4 Å². The van der Waals surface area contributed by atoms with Crippen molar-refractivity contribution in [1.29, 1.82) is 0 Å². The summed E-state index contributed by atoms with van der Waals surface area (Å²) >= 11 is 0. The van der Waals surface area contributed by atoms with Gasteiger partial charge in [-0.15, -0.1) is 0 Å². The Hall–Kier alpha value is -0.610. The molecule has 1 saturated heterocycles. The minimum absolute atomic E-state index is 0.167. The Balaban J connectivity index is 1.68. The van der Waals surface area contributed by atoms with Crippen LogP contribution in [0.2, 0.25) is 0 Å². The van der Waals surface area contributed by atoms with Crippen molar-refractivity contribution in [3.8, 4) is 0 Å². The van der Waals surface area contributed by atoms with Gasteiger partial charge in [0.05, 0.1) is 18.8 Å². The average Bonchev–Trinajstić information content (AvgIpc) is 2.40. The van der Waals surface area contributed by atoms with Crippen LogP contribution in [0, 0.1) is 17.8 Å². The molecule has 2 saturated carbocycles. The van der Waals surface area contributed by atoms with Gasteiger partial charge in [-0.2, -0.15) is 0 Å². The van der Waals surface area contributed by atoms with E-state index in [-0.39, 0.29) is 18.1 Å². The quantitative estimate of drug-likeness (QED) is 0.796. The van der Waals surface area contributed by atoms with Crippen molar-refractivity contribution in [3.05, 3.63) is 0 Å². The number of nitrogens with zero attached hydrogens (tertiary/aromatic N) is 1. The molecule has 0 aromatic rings. The van der Waals surface area contributed by atoms with Gasteiger partial charge >= 0.3 is 0 Å². The van der Waals surface area contributed by atoms with Crippen LogP contribution in [0.15, 0.2) is 0 Å². The van der Waals surface area contributed by atoms with Gasteiger partial charge in [0.1, 0.15) is 0 Å². The molecule has 1 heterocycles. The predicted molar refractivity (Wildman–Crippen MR) is 78.1 cm³/mol. The Morgan fingerprint density at radius 3 is 2.50 bits per heavy atom. The molecule has 0 aromatic carbocycles. The molecule has 2 N–H and O–H groups in total. The first-order valence-corrected chi connectivity index (χ1v) is 8.24. The number of rotatable bonds is 1. The Labute approximate surface area is 122 Å². The SMILES string of the molecule is CC1CN(C(=O)C2CC3CCCC(C2)C3N)C(C)CO1. The van der Waals surface area contributed by atoms with Crippen molar-refractivity contribution >= 4 is 5.91 Å². The molecule has 0 spiro atoms. The Morgan fingerprint density at radius 2 is 1.85 bits per heavy atom. The second-order valence-corrected chi connectivity index (χ2v) is 7.18. The Kier molecular flexibility index (Phi) is 4.04. The molecule has 3 rings (SSSR count). The van der Waals surface area contributed by atoms with Crippen molar-refractivity contribution in [2.45, 2.75) is 64.1 Å². The normalized spacial score (nSPS) is 45.2. The number of fused-ring (bicyclic) bond motifs is 2. The largest absolute Gasteiger partial charge is 0.375 e. The highest BCUT2D eigenvalue weighted by Gasteiger charge is 2.42. The number of nitrogens with two attached hydrogens (primary N) is 1. The predicted octanol–water partition coefficient (Wildman–Crippen LogP) is 1.78. The van der Waals surface area contributed by atoms with E-state index in [1.807, 2.05) is 0 Å². The fraction of sp³-hybridized carbons (Fsp3) is 0.938. The van der Waals surface area contributed by atoms with Crippen LogP contribution in [0.3, 0.4) is 0 Å². The summed E-state index contributed by atoms with van der Waals surface area (Å²) < 4.78 is 5.64. The monoisotopic (exact) mass is 280 g/mol. The first kappa shape index (κ1) is 14.3. The first-order chi connectivity index (χ1) is 9.56. The zero-order chi connectivity index (χ0) is 14.3. The summed E-state index contributed by atoms with van der Waals surface area (Å²) in [6.07, 6.45) is 5.92. The van der Waals surface area contributed by atoms with Gasteiger partial charge in [-0.3, -0.25) is 4.79 Å². The first-order valence-electron chi connectivity index (χ1n) is 8.24. The minimum Gasteiger partial charge on any atom is -0.375 e. The summed E-state index contributed by atoms with van der Waals surface area (Å²) in [5.74, 6) is 1.71. The summed E-state index contributed by atoms with van der Waals surface area (Å²) in [7, 11) is 0. The van der Waals surface area contributed by atoms with Crippen LogP contribution < -0.4 is 5.73 Å². The zero-order valence-corrected chi connectivity index (χ0v) is 12.8. The van der Waals surface area contributed by atoms with Gasteiger partial charge in [0.25, 0.3) is 0 Å². The third-order valence-corrected chi connectivity index (χ3v) is 5.65. The molecule has 4 nitrogen and oxygen atoms in total. The van der Waals surface area contributed by atoms with E-state index in [0.717, 1.165) is 19.4 Å². The standard InChI is InChI=1S/C16H28N2O2/c1-10-9-20-11(2)8-18(10)16(19)14-6-12-4-3-5-13(7-14)15(12)17/h10-15H,3-9,17H2,1-2H3. The highest BCUT2D eigenvalue weighted by molar-refractivity contribution is 5.79. The van der Waals surface area contributed by atoms with E-state index in [1.54, 1.807) is 0 Å². The van der Waals surface area contributed by atoms with Crippen LogP contribution in [-0.2, 0) is 9.53 Å².